The summed E-state index contributed by atoms with van der Waals surface area (Å²) in [6.45, 7) is 4.28. The molecule has 14 heavy (non-hydrogen) atoms. The zero-order valence-electron chi connectivity index (χ0n) is 8.49. The first kappa shape index (κ1) is 9.00. The summed E-state index contributed by atoms with van der Waals surface area (Å²) in [4.78, 5) is 4.40. The molecule has 0 amide bonds. The van der Waals surface area contributed by atoms with Gasteiger partial charge in [-0.05, 0) is 29.5 Å². The average Bonchev–Trinajstić information content (AvgIpc) is 2.16. The fraction of sp³-hybridized carbons (Fsp3) is 0.250. The minimum Gasteiger partial charge on any atom is -0.399 e. The Morgan fingerprint density at radius 3 is 2.64 bits per heavy atom. The van der Waals surface area contributed by atoms with Gasteiger partial charge in [-0.15, -0.1) is 0 Å². The van der Waals surface area contributed by atoms with Crippen LogP contribution in [0, 0.1) is 0 Å². The van der Waals surface area contributed by atoms with E-state index >= 15 is 0 Å². The molecule has 0 spiro atoms. The Hall–Kier alpha value is -1.57. The number of nitrogen functional groups attached to an aromatic ring is 1. The average molecular weight is 186 g/mol. The molecular weight excluding hydrogens is 172 g/mol. The quantitative estimate of drug-likeness (QED) is 0.695. The highest BCUT2D eigenvalue weighted by molar-refractivity contribution is 5.84. The van der Waals surface area contributed by atoms with E-state index in [1.165, 1.54) is 5.39 Å². The zero-order chi connectivity index (χ0) is 10.1. The Balaban J connectivity index is 2.63. The van der Waals surface area contributed by atoms with E-state index in [4.69, 9.17) is 5.73 Å². The highest BCUT2D eigenvalue weighted by Gasteiger charge is 2.02. The lowest BCUT2D eigenvalue weighted by atomic mass is 10.1. The number of hydrogen-bond donors (Lipinski definition) is 1. The van der Waals surface area contributed by atoms with Crippen molar-refractivity contribution in [3.05, 3.63) is 36.2 Å². The molecule has 72 valence electrons. The molecule has 0 aliphatic heterocycles. The third-order valence-electron chi connectivity index (χ3n) is 2.36. The maximum absolute atomic E-state index is 5.73. The first-order chi connectivity index (χ1) is 6.66. The van der Waals surface area contributed by atoms with Crippen LogP contribution in [0.4, 0.5) is 5.69 Å². The molecule has 2 aromatic rings. The number of nitrogens with zero attached hydrogens (tertiary/aromatic N) is 1. The molecule has 0 bridgehead atoms. The van der Waals surface area contributed by atoms with Crippen molar-refractivity contribution in [2.45, 2.75) is 19.8 Å². The Labute approximate surface area is 83.8 Å². The van der Waals surface area contributed by atoms with Gasteiger partial charge in [-0.25, -0.2) is 0 Å². The molecule has 1 aromatic carbocycles. The lowest BCUT2D eigenvalue weighted by Gasteiger charge is -2.05. The second-order valence-electron chi connectivity index (χ2n) is 3.87. The molecular formula is C12H14N2. The molecule has 0 saturated heterocycles. The highest BCUT2D eigenvalue weighted by Crippen LogP contribution is 2.20. The molecule has 0 fully saturated rings. The normalized spacial score (nSPS) is 11.1. The lowest BCUT2D eigenvalue weighted by molar-refractivity contribution is 0.826. The predicted molar refractivity (Wildman–Crippen MR) is 60.2 cm³/mol. The van der Waals surface area contributed by atoms with E-state index in [0.717, 1.165) is 16.8 Å². The number of fused-ring (bicyclic) bond motifs is 1. The first-order valence-corrected chi connectivity index (χ1v) is 4.82. The second-order valence-corrected chi connectivity index (χ2v) is 3.87. The first-order valence-electron chi connectivity index (χ1n) is 4.82. The summed E-state index contributed by atoms with van der Waals surface area (Å²) < 4.78 is 0. The smallest absolute Gasteiger partial charge is 0.0435 e. The van der Waals surface area contributed by atoms with E-state index in [9.17, 15) is 0 Å². The topological polar surface area (TPSA) is 38.9 Å². The van der Waals surface area contributed by atoms with Crippen LogP contribution in [0.1, 0.15) is 25.5 Å². The Bertz CT molecular complexity index is 461. The number of rotatable bonds is 1. The van der Waals surface area contributed by atoms with E-state index in [0.29, 0.717) is 5.92 Å². The largest absolute Gasteiger partial charge is 0.399 e. The van der Waals surface area contributed by atoms with Crippen LogP contribution in [0.25, 0.3) is 10.8 Å². The molecule has 1 aromatic heterocycles. The fourth-order valence-corrected chi connectivity index (χ4v) is 1.49. The van der Waals surface area contributed by atoms with E-state index < -0.39 is 0 Å². The summed E-state index contributed by atoms with van der Waals surface area (Å²) in [6, 6.07) is 8.00. The molecule has 0 aliphatic carbocycles. The van der Waals surface area contributed by atoms with Crippen LogP contribution in [0.5, 0.6) is 0 Å². The maximum atomic E-state index is 5.73. The number of nitrogens with two attached hydrogens (primary N) is 1. The van der Waals surface area contributed by atoms with Crippen LogP contribution in [0.15, 0.2) is 30.5 Å². The van der Waals surface area contributed by atoms with Gasteiger partial charge >= 0.3 is 0 Å². The second kappa shape index (κ2) is 3.29. The van der Waals surface area contributed by atoms with E-state index in [-0.39, 0.29) is 0 Å². The van der Waals surface area contributed by atoms with Gasteiger partial charge in [0, 0.05) is 23.0 Å². The van der Waals surface area contributed by atoms with Crippen molar-refractivity contribution in [3.8, 4) is 0 Å². The van der Waals surface area contributed by atoms with Crippen LogP contribution in [-0.4, -0.2) is 4.98 Å². The Kier molecular flexibility index (Phi) is 2.12. The molecule has 0 atom stereocenters. The highest BCUT2D eigenvalue weighted by atomic mass is 14.7. The van der Waals surface area contributed by atoms with Gasteiger partial charge in [-0.3, -0.25) is 4.98 Å². The maximum Gasteiger partial charge on any atom is 0.0435 e. The van der Waals surface area contributed by atoms with Gasteiger partial charge in [-0.1, -0.05) is 19.9 Å². The number of anilines is 1. The number of pyridine rings is 1. The summed E-state index contributed by atoms with van der Waals surface area (Å²) in [7, 11) is 0. The van der Waals surface area contributed by atoms with Crippen molar-refractivity contribution in [1.82, 2.24) is 4.98 Å². The van der Waals surface area contributed by atoms with E-state index in [2.05, 4.69) is 24.9 Å². The van der Waals surface area contributed by atoms with Gasteiger partial charge in [0.05, 0.1) is 0 Å². The summed E-state index contributed by atoms with van der Waals surface area (Å²) >= 11 is 0. The summed E-state index contributed by atoms with van der Waals surface area (Å²) in [5.74, 6) is 0.459. The molecule has 2 rings (SSSR count). The van der Waals surface area contributed by atoms with Gasteiger partial charge in [0.25, 0.3) is 0 Å². The van der Waals surface area contributed by atoms with Gasteiger partial charge < -0.3 is 5.73 Å². The SMILES string of the molecule is CC(C)c1cc2cc(N)ccc2cn1. The fourth-order valence-electron chi connectivity index (χ4n) is 1.49. The molecule has 1 heterocycles. The monoisotopic (exact) mass is 186 g/mol. The third kappa shape index (κ3) is 1.55. The van der Waals surface area contributed by atoms with Gasteiger partial charge in [0.2, 0.25) is 0 Å². The van der Waals surface area contributed by atoms with Crippen molar-refractivity contribution >= 4 is 16.5 Å². The molecule has 2 heteroatoms. The van der Waals surface area contributed by atoms with Crippen LogP contribution >= 0.6 is 0 Å². The van der Waals surface area contributed by atoms with Crippen LogP contribution in [-0.2, 0) is 0 Å². The van der Waals surface area contributed by atoms with Crippen molar-refractivity contribution in [3.63, 3.8) is 0 Å². The van der Waals surface area contributed by atoms with Crippen LogP contribution in [0.2, 0.25) is 0 Å². The van der Waals surface area contributed by atoms with Crippen molar-refractivity contribution in [1.29, 1.82) is 0 Å². The van der Waals surface area contributed by atoms with Gasteiger partial charge in [0.15, 0.2) is 0 Å². The minimum absolute atomic E-state index is 0.459. The van der Waals surface area contributed by atoms with E-state index in [1.807, 2.05) is 24.4 Å². The molecule has 2 N–H and O–H groups in total. The summed E-state index contributed by atoms with van der Waals surface area (Å²) in [5, 5.41) is 2.31. The lowest BCUT2D eigenvalue weighted by Crippen LogP contribution is -1.92. The molecule has 0 aliphatic rings. The Morgan fingerprint density at radius 2 is 1.93 bits per heavy atom. The molecule has 0 radical (unpaired) electrons. The van der Waals surface area contributed by atoms with Crippen LogP contribution in [0.3, 0.4) is 0 Å². The molecule has 0 saturated carbocycles. The van der Waals surface area contributed by atoms with Crippen LogP contribution < -0.4 is 5.73 Å². The zero-order valence-corrected chi connectivity index (χ0v) is 8.49. The predicted octanol–water partition coefficient (Wildman–Crippen LogP) is 2.94. The molecule has 0 unspecified atom stereocenters. The van der Waals surface area contributed by atoms with Crippen molar-refractivity contribution in [2.75, 3.05) is 5.73 Å². The van der Waals surface area contributed by atoms with Crippen molar-refractivity contribution < 1.29 is 0 Å². The summed E-state index contributed by atoms with van der Waals surface area (Å²) in [5.41, 5.74) is 7.65. The minimum atomic E-state index is 0.459. The van der Waals surface area contributed by atoms with E-state index in [1.54, 1.807) is 0 Å². The third-order valence-corrected chi connectivity index (χ3v) is 2.36. The summed E-state index contributed by atoms with van der Waals surface area (Å²) in [6.07, 6.45) is 1.91. The number of hydrogen-bond acceptors (Lipinski definition) is 2. The van der Waals surface area contributed by atoms with Gasteiger partial charge in [-0.2, -0.15) is 0 Å². The molecule has 2 nitrogen and oxygen atoms in total. The number of aromatic nitrogens is 1. The standard InChI is InChI=1S/C12H14N2/c1-8(2)12-6-10-5-11(13)4-3-9(10)7-14-12/h3-8H,13H2,1-2H3. The number of benzene rings is 1. The Morgan fingerprint density at radius 1 is 1.14 bits per heavy atom. The van der Waals surface area contributed by atoms with Gasteiger partial charge in [0.1, 0.15) is 0 Å². The van der Waals surface area contributed by atoms with Crippen molar-refractivity contribution in [2.24, 2.45) is 0 Å².